The summed E-state index contributed by atoms with van der Waals surface area (Å²) in [5.74, 6) is 1.10. The van der Waals surface area contributed by atoms with Crippen molar-refractivity contribution in [1.29, 1.82) is 0 Å². The van der Waals surface area contributed by atoms with E-state index >= 15 is 0 Å². The van der Waals surface area contributed by atoms with Crippen molar-refractivity contribution in [2.45, 2.75) is 25.7 Å². The van der Waals surface area contributed by atoms with Gasteiger partial charge in [-0.05, 0) is 31.6 Å². The van der Waals surface area contributed by atoms with Crippen LogP contribution >= 0.6 is 0 Å². The van der Waals surface area contributed by atoms with Gasteiger partial charge in [0.25, 0.3) is 0 Å². The van der Waals surface area contributed by atoms with Crippen LogP contribution in [-0.4, -0.2) is 12.6 Å². The second-order valence-electron chi connectivity index (χ2n) is 3.33. The number of hydrogen-bond donors (Lipinski definition) is 0. The third kappa shape index (κ3) is 0.917. The summed E-state index contributed by atoms with van der Waals surface area (Å²) in [5, 5.41) is 0. The van der Waals surface area contributed by atoms with Gasteiger partial charge in [0.15, 0.2) is 0 Å². The maximum absolute atomic E-state index is 11.0. The molecule has 2 nitrogen and oxygen atoms in total. The van der Waals surface area contributed by atoms with Gasteiger partial charge in [0.05, 0.1) is 12.5 Å². The molecule has 2 aliphatic rings. The molecule has 2 bridgehead atoms. The minimum atomic E-state index is 0.0556. The third-order valence-electron chi connectivity index (χ3n) is 2.64. The van der Waals surface area contributed by atoms with Gasteiger partial charge in [-0.15, -0.1) is 0 Å². The predicted octanol–water partition coefficient (Wildman–Crippen LogP) is 1.35. The largest absolute Gasteiger partial charge is 0.465 e. The predicted molar refractivity (Wildman–Crippen MR) is 36.4 cm³/mol. The van der Waals surface area contributed by atoms with Crippen molar-refractivity contribution in [1.82, 2.24) is 0 Å². The molecule has 0 spiro atoms. The van der Waals surface area contributed by atoms with Gasteiger partial charge in [-0.3, -0.25) is 4.79 Å². The van der Waals surface area contributed by atoms with Crippen molar-refractivity contribution in [2.24, 2.45) is 11.8 Å². The first kappa shape index (κ1) is 6.20. The molecule has 2 unspecified atom stereocenters. The van der Waals surface area contributed by atoms with Crippen LogP contribution in [0.1, 0.15) is 25.7 Å². The maximum atomic E-state index is 11.0. The van der Waals surface area contributed by atoms with Gasteiger partial charge in [0, 0.05) is 0 Å². The highest BCUT2D eigenvalue weighted by molar-refractivity contribution is 5.73. The molecule has 2 rings (SSSR count). The average Bonchev–Trinajstić information content (AvgIpc) is 2.27. The van der Waals surface area contributed by atoms with Crippen molar-refractivity contribution < 1.29 is 9.53 Å². The van der Waals surface area contributed by atoms with E-state index in [-0.39, 0.29) is 11.9 Å². The lowest BCUT2D eigenvalue weighted by molar-refractivity contribution is -0.147. The fourth-order valence-corrected chi connectivity index (χ4v) is 2.00. The second-order valence-corrected chi connectivity index (χ2v) is 3.33. The normalized spacial score (nSPS) is 39.0. The van der Waals surface area contributed by atoms with Gasteiger partial charge in [-0.25, -0.2) is 0 Å². The van der Waals surface area contributed by atoms with Gasteiger partial charge >= 0.3 is 5.97 Å². The van der Waals surface area contributed by atoms with E-state index in [9.17, 15) is 4.79 Å². The van der Waals surface area contributed by atoms with E-state index < -0.39 is 0 Å². The maximum Gasteiger partial charge on any atom is 0.308 e. The zero-order chi connectivity index (χ0) is 6.97. The van der Waals surface area contributed by atoms with Gasteiger partial charge in [0.1, 0.15) is 0 Å². The van der Waals surface area contributed by atoms with E-state index in [4.69, 9.17) is 4.74 Å². The highest BCUT2D eigenvalue weighted by Gasteiger charge is 2.33. The quantitative estimate of drug-likeness (QED) is 0.475. The summed E-state index contributed by atoms with van der Waals surface area (Å²) >= 11 is 0. The van der Waals surface area contributed by atoms with Crippen molar-refractivity contribution in [3.8, 4) is 0 Å². The fraction of sp³-hybridized carbons (Fsp3) is 0.875. The summed E-state index contributed by atoms with van der Waals surface area (Å²) in [5.41, 5.74) is 0. The fourth-order valence-electron chi connectivity index (χ4n) is 2.00. The molecule has 1 aliphatic heterocycles. The average molecular weight is 140 g/mol. The molecule has 56 valence electrons. The summed E-state index contributed by atoms with van der Waals surface area (Å²) in [6, 6.07) is 0. The van der Waals surface area contributed by atoms with E-state index in [2.05, 4.69) is 0 Å². The Labute approximate surface area is 60.6 Å². The topological polar surface area (TPSA) is 26.3 Å². The molecule has 0 aromatic heterocycles. The molecular formula is C8H12O2. The molecule has 0 aromatic carbocycles. The van der Waals surface area contributed by atoms with E-state index in [0.29, 0.717) is 6.61 Å². The highest BCUT2D eigenvalue weighted by Crippen LogP contribution is 2.35. The van der Waals surface area contributed by atoms with Crippen LogP contribution in [0.3, 0.4) is 0 Å². The molecule has 1 saturated carbocycles. The number of fused-ring (bicyclic) bond motifs is 2. The summed E-state index contributed by atoms with van der Waals surface area (Å²) in [6.45, 7) is 0.667. The molecule has 1 aliphatic carbocycles. The van der Waals surface area contributed by atoms with Gasteiger partial charge in [0.2, 0.25) is 0 Å². The highest BCUT2D eigenvalue weighted by atomic mass is 16.5. The van der Waals surface area contributed by atoms with E-state index in [0.717, 1.165) is 25.2 Å². The Balaban J connectivity index is 2.10. The SMILES string of the molecule is O=C1OCCC2CCC1C2. The Morgan fingerprint density at radius 1 is 1.30 bits per heavy atom. The molecule has 2 atom stereocenters. The van der Waals surface area contributed by atoms with Crippen molar-refractivity contribution in [3.05, 3.63) is 0 Å². The Morgan fingerprint density at radius 2 is 2.20 bits per heavy atom. The number of carbonyl (C=O) groups is 1. The molecule has 1 saturated heterocycles. The van der Waals surface area contributed by atoms with E-state index in [1.54, 1.807) is 0 Å². The summed E-state index contributed by atoms with van der Waals surface area (Å²) in [6.07, 6.45) is 4.52. The zero-order valence-electron chi connectivity index (χ0n) is 6.01. The second kappa shape index (κ2) is 2.26. The van der Waals surface area contributed by atoms with Gasteiger partial charge in [-0.1, -0.05) is 0 Å². The lowest BCUT2D eigenvalue weighted by Crippen LogP contribution is -2.13. The summed E-state index contributed by atoms with van der Waals surface area (Å²) in [7, 11) is 0. The molecular weight excluding hydrogens is 128 g/mol. The molecule has 0 radical (unpaired) electrons. The van der Waals surface area contributed by atoms with Crippen LogP contribution in [0.5, 0.6) is 0 Å². The number of carbonyl (C=O) groups excluding carboxylic acids is 1. The van der Waals surface area contributed by atoms with Crippen LogP contribution in [0.25, 0.3) is 0 Å². The van der Waals surface area contributed by atoms with E-state index in [1.807, 2.05) is 0 Å². The third-order valence-corrected chi connectivity index (χ3v) is 2.64. The van der Waals surface area contributed by atoms with Gasteiger partial charge < -0.3 is 4.74 Å². The first-order valence-electron chi connectivity index (χ1n) is 4.03. The van der Waals surface area contributed by atoms with Crippen LogP contribution in [0.4, 0.5) is 0 Å². The van der Waals surface area contributed by atoms with Crippen LogP contribution in [0.15, 0.2) is 0 Å². The monoisotopic (exact) mass is 140 g/mol. The minimum absolute atomic E-state index is 0.0556. The number of cyclic esters (lactones) is 1. The van der Waals surface area contributed by atoms with E-state index in [1.165, 1.54) is 6.42 Å². The van der Waals surface area contributed by atoms with Crippen LogP contribution in [-0.2, 0) is 9.53 Å². The number of hydrogen-bond acceptors (Lipinski definition) is 2. The van der Waals surface area contributed by atoms with Crippen LogP contribution in [0.2, 0.25) is 0 Å². The Bertz CT molecular complexity index is 153. The Morgan fingerprint density at radius 3 is 3.10 bits per heavy atom. The lowest BCUT2D eigenvalue weighted by Gasteiger charge is -2.07. The number of rotatable bonds is 0. The van der Waals surface area contributed by atoms with Crippen molar-refractivity contribution in [2.75, 3.05) is 6.61 Å². The van der Waals surface area contributed by atoms with Crippen LogP contribution in [0, 0.1) is 11.8 Å². The smallest absolute Gasteiger partial charge is 0.308 e. The summed E-state index contributed by atoms with van der Waals surface area (Å²) < 4.78 is 5.00. The number of ether oxygens (including phenoxy) is 1. The Hall–Kier alpha value is -0.530. The first-order chi connectivity index (χ1) is 4.86. The molecule has 0 N–H and O–H groups in total. The first-order valence-corrected chi connectivity index (χ1v) is 4.03. The molecule has 10 heavy (non-hydrogen) atoms. The minimum Gasteiger partial charge on any atom is -0.465 e. The lowest BCUT2D eigenvalue weighted by atomic mass is 10.0. The molecule has 2 fully saturated rings. The summed E-state index contributed by atoms with van der Waals surface area (Å²) in [4.78, 5) is 11.0. The van der Waals surface area contributed by atoms with Crippen molar-refractivity contribution >= 4 is 5.97 Å². The molecule has 1 heterocycles. The van der Waals surface area contributed by atoms with Crippen LogP contribution < -0.4 is 0 Å². The molecule has 2 heteroatoms. The number of esters is 1. The zero-order valence-corrected chi connectivity index (χ0v) is 6.01. The standard InChI is InChI=1S/C8H12O2/c9-8-7-2-1-6(5-7)3-4-10-8/h6-7H,1-5H2. The molecule has 0 aromatic rings. The molecule has 0 amide bonds. The van der Waals surface area contributed by atoms with Crippen molar-refractivity contribution in [3.63, 3.8) is 0 Å². The van der Waals surface area contributed by atoms with Gasteiger partial charge in [-0.2, -0.15) is 0 Å². The Kier molecular flexibility index (Phi) is 1.40.